The Labute approximate surface area is 236 Å². The predicted molar refractivity (Wildman–Crippen MR) is 160 cm³/mol. The molecule has 1 saturated carbocycles. The zero-order chi connectivity index (χ0) is 28.6. The molecule has 2 saturated heterocycles. The van der Waals surface area contributed by atoms with E-state index in [-0.39, 0.29) is 17.0 Å². The summed E-state index contributed by atoms with van der Waals surface area (Å²) in [6.45, 7) is 20.1. The molecule has 1 amide bonds. The van der Waals surface area contributed by atoms with Crippen molar-refractivity contribution in [2.24, 2.45) is 11.8 Å². The maximum Gasteiger partial charge on any atom is 0.257 e. The number of β-amino-alcohol motifs (C(OH)–C–C–N with tert-alkyl or cyclic N) is 1. The van der Waals surface area contributed by atoms with Crippen LogP contribution in [0.5, 0.6) is 0 Å². The summed E-state index contributed by atoms with van der Waals surface area (Å²) in [5.41, 5.74) is -1.60. The minimum atomic E-state index is -0.793. The van der Waals surface area contributed by atoms with Crippen molar-refractivity contribution in [3.05, 3.63) is 0 Å². The van der Waals surface area contributed by atoms with Gasteiger partial charge in [-0.05, 0) is 84.5 Å². The average molecular weight is 537 g/mol. The number of aliphatic hydroxyl groups excluding tert-OH is 1. The summed E-state index contributed by atoms with van der Waals surface area (Å²) in [6, 6.07) is 0. The van der Waals surface area contributed by atoms with Gasteiger partial charge in [0.25, 0.3) is 5.91 Å². The first-order valence-corrected chi connectivity index (χ1v) is 16.1. The highest BCUT2D eigenvalue weighted by Crippen LogP contribution is 2.49. The van der Waals surface area contributed by atoms with Crippen molar-refractivity contribution in [2.75, 3.05) is 6.54 Å². The van der Waals surface area contributed by atoms with Gasteiger partial charge in [-0.15, -0.1) is 0 Å². The molecule has 38 heavy (non-hydrogen) atoms. The largest absolute Gasteiger partial charge is 0.391 e. The van der Waals surface area contributed by atoms with E-state index in [0.29, 0.717) is 25.3 Å². The molecule has 2 N–H and O–H groups in total. The van der Waals surface area contributed by atoms with E-state index in [9.17, 15) is 9.90 Å². The molecule has 0 bridgehead atoms. The maximum absolute atomic E-state index is 14.4. The van der Waals surface area contributed by atoms with Crippen molar-refractivity contribution in [1.29, 1.82) is 0 Å². The van der Waals surface area contributed by atoms with Crippen LogP contribution in [0.25, 0.3) is 0 Å². The molecule has 0 aromatic rings. The Bertz CT molecular complexity index is 702. The van der Waals surface area contributed by atoms with Crippen LogP contribution in [0.3, 0.4) is 0 Å². The molecule has 2 spiro atoms. The standard InChI is InChI=1S/C29H54N2O3.C4H10/c1-23(2)20-24(32)21-31-25(33)28(19-18-26(3,4)30-27(5,6)22-28)34-29(31)16-14-12-10-8-7-9-11-13-15-17-29;1-4(2)3/h23-24,30,32H,7-22H2,1-6H3;4H,1-3H3. The van der Waals surface area contributed by atoms with Gasteiger partial charge in [-0.2, -0.15) is 0 Å². The fraction of sp³-hybridized carbons (Fsp3) is 0.970. The second-order valence-electron chi connectivity index (χ2n) is 15.2. The lowest BCUT2D eigenvalue weighted by Crippen LogP contribution is -2.53. The van der Waals surface area contributed by atoms with Crippen molar-refractivity contribution in [3.63, 3.8) is 0 Å². The molecule has 5 heteroatoms. The van der Waals surface area contributed by atoms with Crippen molar-refractivity contribution >= 4 is 5.91 Å². The van der Waals surface area contributed by atoms with Gasteiger partial charge in [0, 0.05) is 24.0 Å². The normalized spacial score (nSPS) is 28.9. The Balaban J connectivity index is 0.00000118. The molecule has 2 unspecified atom stereocenters. The summed E-state index contributed by atoms with van der Waals surface area (Å²) < 4.78 is 7.19. The smallest absolute Gasteiger partial charge is 0.257 e. The van der Waals surface area contributed by atoms with E-state index in [4.69, 9.17) is 4.74 Å². The number of aliphatic hydroxyl groups is 1. The third-order valence-electron chi connectivity index (χ3n) is 8.34. The lowest BCUT2D eigenvalue weighted by atomic mass is 9.84. The summed E-state index contributed by atoms with van der Waals surface area (Å²) in [6.07, 6.45) is 15.5. The molecule has 2 aliphatic heterocycles. The molecule has 0 aromatic heterocycles. The van der Waals surface area contributed by atoms with E-state index in [2.05, 4.69) is 67.6 Å². The van der Waals surface area contributed by atoms with Gasteiger partial charge in [-0.3, -0.25) is 4.79 Å². The first kappa shape index (κ1) is 33.6. The molecule has 3 aliphatic rings. The SMILES string of the molecule is CC(C)C.CC(C)CC(O)CN1C(=O)C2(CCC(C)(C)NC(C)(C)C2)OC12CCCCCCCCCCC2. The van der Waals surface area contributed by atoms with Crippen molar-refractivity contribution in [3.8, 4) is 0 Å². The van der Waals surface area contributed by atoms with Crippen molar-refractivity contribution in [2.45, 2.75) is 187 Å². The topological polar surface area (TPSA) is 61.8 Å². The highest BCUT2D eigenvalue weighted by Gasteiger charge is 2.62. The lowest BCUT2D eigenvalue weighted by molar-refractivity contribution is -0.163. The predicted octanol–water partition coefficient (Wildman–Crippen LogP) is 7.99. The second kappa shape index (κ2) is 14.3. The van der Waals surface area contributed by atoms with Gasteiger partial charge in [-0.1, -0.05) is 79.6 Å². The fourth-order valence-electron chi connectivity index (χ4n) is 7.12. The molecule has 0 aromatic carbocycles. The molecule has 1 aliphatic carbocycles. The Morgan fingerprint density at radius 3 is 1.74 bits per heavy atom. The van der Waals surface area contributed by atoms with E-state index >= 15 is 0 Å². The molecule has 2 heterocycles. The van der Waals surface area contributed by atoms with Crippen molar-refractivity contribution in [1.82, 2.24) is 10.2 Å². The average Bonchev–Trinajstić information content (AvgIpc) is 2.89. The Morgan fingerprint density at radius 2 is 1.26 bits per heavy atom. The van der Waals surface area contributed by atoms with E-state index < -0.39 is 17.4 Å². The molecule has 3 fully saturated rings. The van der Waals surface area contributed by atoms with Gasteiger partial charge in [0.1, 0.15) is 5.72 Å². The molecular formula is C33H64N2O3. The number of rotatable bonds is 4. The van der Waals surface area contributed by atoms with Gasteiger partial charge in [0.15, 0.2) is 5.60 Å². The first-order valence-electron chi connectivity index (χ1n) is 16.1. The number of carbonyl (C=O) groups is 1. The molecular weight excluding hydrogens is 472 g/mol. The van der Waals surface area contributed by atoms with Crippen LogP contribution in [0.15, 0.2) is 0 Å². The number of ether oxygens (including phenoxy) is 1. The Hall–Kier alpha value is -0.650. The van der Waals surface area contributed by atoms with E-state index in [1.807, 2.05) is 4.90 Å². The molecule has 5 nitrogen and oxygen atoms in total. The lowest BCUT2D eigenvalue weighted by Gasteiger charge is -2.39. The van der Waals surface area contributed by atoms with Crippen LogP contribution < -0.4 is 5.32 Å². The van der Waals surface area contributed by atoms with Gasteiger partial charge in [0.2, 0.25) is 0 Å². The molecule has 0 radical (unpaired) electrons. The van der Waals surface area contributed by atoms with Crippen LogP contribution in [0.2, 0.25) is 0 Å². The number of hydrogen-bond donors (Lipinski definition) is 2. The molecule has 2 atom stereocenters. The monoisotopic (exact) mass is 536 g/mol. The van der Waals surface area contributed by atoms with Gasteiger partial charge < -0.3 is 20.1 Å². The Morgan fingerprint density at radius 1 is 0.789 bits per heavy atom. The van der Waals surface area contributed by atoms with Gasteiger partial charge >= 0.3 is 0 Å². The van der Waals surface area contributed by atoms with Gasteiger partial charge in [0.05, 0.1) is 6.10 Å². The highest BCUT2D eigenvalue weighted by molar-refractivity contribution is 5.88. The summed E-state index contributed by atoms with van der Waals surface area (Å²) in [5.74, 6) is 1.37. The third-order valence-corrected chi connectivity index (χ3v) is 8.34. The number of carbonyl (C=O) groups excluding carboxylic acids is 1. The van der Waals surface area contributed by atoms with Crippen LogP contribution in [0, 0.1) is 11.8 Å². The minimum absolute atomic E-state index is 0.0408. The number of nitrogens with zero attached hydrogens (tertiary/aromatic N) is 1. The fourth-order valence-corrected chi connectivity index (χ4v) is 7.12. The van der Waals surface area contributed by atoms with E-state index in [1.54, 1.807) is 0 Å². The van der Waals surface area contributed by atoms with Crippen LogP contribution in [-0.4, -0.2) is 51.0 Å². The third kappa shape index (κ3) is 10.1. The van der Waals surface area contributed by atoms with Crippen LogP contribution in [-0.2, 0) is 9.53 Å². The minimum Gasteiger partial charge on any atom is -0.391 e. The quantitative estimate of drug-likeness (QED) is 0.382. The Kier molecular flexibility index (Phi) is 12.6. The van der Waals surface area contributed by atoms with Crippen LogP contribution in [0.1, 0.15) is 159 Å². The van der Waals surface area contributed by atoms with Crippen molar-refractivity contribution < 1.29 is 14.6 Å². The second-order valence-corrected chi connectivity index (χ2v) is 15.2. The highest BCUT2D eigenvalue weighted by atomic mass is 16.6. The van der Waals surface area contributed by atoms with E-state index in [1.165, 1.54) is 44.9 Å². The van der Waals surface area contributed by atoms with Gasteiger partial charge in [-0.25, -0.2) is 0 Å². The first-order chi connectivity index (χ1) is 17.6. The molecule has 3 rings (SSSR count). The summed E-state index contributed by atoms with van der Waals surface area (Å²) in [4.78, 5) is 16.4. The van der Waals surface area contributed by atoms with Crippen LogP contribution >= 0.6 is 0 Å². The zero-order valence-corrected chi connectivity index (χ0v) is 26.8. The summed E-state index contributed by atoms with van der Waals surface area (Å²) in [7, 11) is 0. The molecule has 224 valence electrons. The summed E-state index contributed by atoms with van der Waals surface area (Å²) >= 11 is 0. The number of amides is 1. The number of hydrogen-bond acceptors (Lipinski definition) is 4. The van der Waals surface area contributed by atoms with Crippen LogP contribution in [0.4, 0.5) is 0 Å². The maximum atomic E-state index is 14.4. The zero-order valence-electron chi connectivity index (χ0n) is 26.8. The number of nitrogens with one attached hydrogen (secondary N) is 1. The summed E-state index contributed by atoms with van der Waals surface area (Å²) in [5, 5.41) is 14.8. The van der Waals surface area contributed by atoms with E-state index in [0.717, 1.165) is 44.4 Å².